The van der Waals surface area contributed by atoms with Crippen molar-refractivity contribution in [2.45, 2.75) is 18.8 Å². The van der Waals surface area contributed by atoms with Crippen LogP contribution in [0.15, 0.2) is 12.1 Å². The second-order valence-electron chi connectivity index (χ2n) is 4.31. The summed E-state index contributed by atoms with van der Waals surface area (Å²) in [5, 5.41) is 13.1. The number of hydrogen-bond donors (Lipinski definition) is 2. The van der Waals surface area contributed by atoms with Crippen LogP contribution in [-0.2, 0) is 0 Å². The van der Waals surface area contributed by atoms with Gasteiger partial charge in [-0.25, -0.2) is 0 Å². The zero-order valence-electron chi connectivity index (χ0n) is 9.90. The quantitative estimate of drug-likeness (QED) is 0.783. The van der Waals surface area contributed by atoms with Crippen LogP contribution in [0.3, 0.4) is 0 Å². The van der Waals surface area contributed by atoms with Crippen LogP contribution in [0.2, 0.25) is 0 Å². The second-order valence-corrected chi connectivity index (χ2v) is 4.31. The summed E-state index contributed by atoms with van der Waals surface area (Å²) in [6.07, 6.45) is 2.96. The molecule has 1 atom stereocenters. The van der Waals surface area contributed by atoms with E-state index in [1.165, 1.54) is 7.11 Å². The molecule has 0 bridgehead atoms. The van der Waals surface area contributed by atoms with E-state index in [2.05, 4.69) is 5.32 Å². The average molecular weight is 235 g/mol. The number of ether oxygens (including phenoxy) is 1. The first-order valence-electron chi connectivity index (χ1n) is 5.83. The van der Waals surface area contributed by atoms with Crippen LogP contribution < -0.4 is 10.1 Å². The highest BCUT2D eigenvalue weighted by molar-refractivity contribution is 5.79. The predicted molar refractivity (Wildman–Crippen MR) is 64.9 cm³/mol. The Kier molecular flexibility index (Phi) is 3.64. The fraction of sp³-hybridized carbons (Fsp3) is 0.462. The van der Waals surface area contributed by atoms with Gasteiger partial charge in [0.2, 0.25) is 0 Å². The normalized spacial score (nSPS) is 19.9. The first-order valence-corrected chi connectivity index (χ1v) is 5.83. The third-order valence-corrected chi connectivity index (χ3v) is 3.25. The number of piperidine rings is 1. The van der Waals surface area contributed by atoms with Crippen molar-refractivity contribution in [1.82, 2.24) is 5.32 Å². The van der Waals surface area contributed by atoms with Crippen molar-refractivity contribution in [2.24, 2.45) is 0 Å². The molecule has 1 saturated heterocycles. The van der Waals surface area contributed by atoms with Crippen molar-refractivity contribution in [3.05, 3.63) is 23.3 Å². The van der Waals surface area contributed by atoms with Gasteiger partial charge in [-0.1, -0.05) is 0 Å². The maximum absolute atomic E-state index is 11.1. The Bertz CT molecular complexity index is 411. The van der Waals surface area contributed by atoms with Crippen molar-refractivity contribution in [2.75, 3.05) is 20.2 Å². The molecule has 0 aliphatic carbocycles. The maximum Gasteiger partial charge on any atom is 0.161 e. The van der Waals surface area contributed by atoms with Crippen LogP contribution in [-0.4, -0.2) is 31.6 Å². The molecule has 1 aromatic carbocycles. The van der Waals surface area contributed by atoms with Crippen LogP contribution in [0, 0.1) is 0 Å². The zero-order valence-corrected chi connectivity index (χ0v) is 9.90. The largest absolute Gasteiger partial charge is 0.504 e. The molecule has 0 aromatic heterocycles. The van der Waals surface area contributed by atoms with E-state index in [0.717, 1.165) is 37.8 Å². The third-order valence-electron chi connectivity index (χ3n) is 3.25. The van der Waals surface area contributed by atoms with Crippen molar-refractivity contribution < 1.29 is 14.6 Å². The van der Waals surface area contributed by atoms with E-state index in [1.54, 1.807) is 12.1 Å². The summed E-state index contributed by atoms with van der Waals surface area (Å²) in [5.74, 6) is 0.735. The number of rotatable bonds is 3. The molecule has 17 heavy (non-hydrogen) atoms. The average Bonchev–Trinajstić information content (AvgIpc) is 2.39. The van der Waals surface area contributed by atoms with Gasteiger partial charge in [0, 0.05) is 12.1 Å². The summed E-state index contributed by atoms with van der Waals surface area (Å²) in [6.45, 7) is 1.88. The number of aldehydes is 1. The minimum absolute atomic E-state index is 0.0960. The molecule has 1 aliphatic heterocycles. The Hall–Kier alpha value is -1.55. The highest BCUT2D eigenvalue weighted by Crippen LogP contribution is 2.34. The Morgan fingerprint density at radius 1 is 1.53 bits per heavy atom. The minimum atomic E-state index is 0.0960. The van der Waals surface area contributed by atoms with E-state index in [1.807, 2.05) is 0 Å². The van der Waals surface area contributed by atoms with Gasteiger partial charge in [-0.2, -0.15) is 0 Å². The van der Waals surface area contributed by atoms with Crippen LogP contribution in [0.5, 0.6) is 11.5 Å². The topological polar surface area (TPSA) is 58.6 Å². The first kappa shape index (κ1) is 11.9. The number of methoxy groups -OCH3 is 1. The molecule has 0 saturated carbocycles. The van der Waals surface area contributed by atoms with Gasteiger partial charge in [0.15, 0.2) is 11.5 Å². The summed E-state index contributed by atoms with van der Waals surface area (Å²) in [4.78, 5) is 11.1. The fourth-order valence-corrected chi connectivity index (χ4v) is 2.34. The summed E-state index contributed by atoms with van der Waals surface area (Å²) in [6, 6.07) is 3.26. The Morgan fingerprint density at radius 2 is 2.35 bits per heavy atom. The monoisotopic (exact) mass is 235 g/mol. The van der Waals surface area contributed by atoms with Gasteiger partial charge in [0.1, 0.15) is 6.29 Å². The van der Waals surface area contributed by atoms with Crippen LogP contribution in [0.25, 0.3) is 0 Å². The number of carbonyl (C=O) groups excluding carboxylic acids is 1. The van der Waals surface area contributed by atoms with Crippen molar-refractivity contribution >= 4 is 6.29 Å². The molecule has 92 valence electrons. The van der Waals surface area contributed by atoms with Gasteiger partial charge >= 0.3 is 0 Å². The molecule has 2 rings (SSSR count). The molecule has 1 unspecified atom stereocenters. The van der Waals surface area contributed by atoms with E-state index in [4.69, 9.17) is 4.74 Å². The molecule has 4 heteroatoms. The Morgan fingerprint density at radius 3 is 2.94 bits per heavy atom. The van der Waals surface area contributed by atoms with Crippen LogP contribution >= 0.6 is 0 Å². The Labute approximate surface area is 101 Å². The number of benzene rings is 1. The molecule has 1 fully saturated rings. The zero-order chi connectivity index (χ0) is 12.3. The number of nitrogens with one attached hydrogen (secondary N) is 1. The van der Waals surface area contributed by atoms with Crippen LogP contribution in [0.4, 0.5) is 0 Å². The number of hydrogen-bond acceptors (Lipinski definition) is 4. The van der Waals surface area contributed by atoms with E-state index >= 15 is 0 Å². The van der Waals surface area contributed by atoms with Gasteiger partial charge in [0.05, 0.1) is 7.11 Å². The lowest BCUT2D eigenvalue weighted by molar-refractivity contribution is 0.112. The smallest absolute Gasteiger partial charge is 0.161 e. The molecule has 1 heterocycles. The van der Waals surface area contributed by atoms with E-state index in [0.29, 0.717) is 17.2 Å². The predicted octanol–water partition coefficient (Wildman–Crippen LogP) is 1.68. The SMILES string of the molecule is COc1cc(C=O)c(C2CCCNC2)cc1O. The lowest BCUT2D eigenvalue weighted by Gasteiger charge is -2.24. The summed E-state index contributed by atoms with van der Waals surface area (Å²) >= 11 is 0. The molecule has 0 amide bonds. The number of phenols is 1. The third kappa shape index (κ3) is 2.42. The first-order chi connectivity index (χ1) is 8.26. The highest BCUT2D eigenvalue weighted by atomic mass is 16.5. The summed E-state index contributed by atoms with van der Waals surface area (Å²) in [5.41, 5.74) is 1.51. The number of carbonyl (C=O) groups is 1. The lowest BCUT2D eigenvalue weighted by Crippen LogP contribution is -2.28. The Balaban J connectivity index is 2.37. The standard InChI is InChI=1S/C13H17NO3/c1-17-13-5-10(8-15)11(6-12(13)16)9-3-2-4-14-7-9/h5-6,8-9,14,16H,2-4,7H2,1H3. The van der Waals surface area contributed by atoms with Gasteiger partial charge < -0.3 is 15.2 Å². The fourth-order valence-electron chi connectivity index (χ4n) is 2.34. The lowest BCUT2D eigenvalue weighted by atomic mass is 9.88. The van der Waals surface area contributed by atoms with Crippen molar-refractivity contribution in [3.8, 4) is 11.5 Å². The van der Waals surface area contributed by atoms with E-state index < -0.39 is 0 Å². The molecule has 4 nitrogen and oxygen atoms in total. The highest BCUT2D eigenvalue weighted by Gasteiger charge is 2.20. The molecule has 1 aromatic rings. The summed E-state index contributed by atoms with van der Waals surface area (Å²) < 4.78 is 5.01. The molecule has 2 N–H and O–H groups in total. The maximum atomic E-state index is 11.1. The second kappa shape index (κ2) is 5.19. The minimum Gasteiger partial charge on any atom is -0.504 e. The molecule has 1 aliphatic rings. The molecular formula is C13H17NO3. The van der Waals surface area contributed by atoms with Crippen molar-refractivity contribution in [3.63, 3.8) is 0 Å². The van der Waals surface area contributed by atoms with Gasteiger partial charge in [-0.3, -0.25) is 4.79 Å². The van der Waals surface area contributed by atoms with Gasteiger partial charge in [-0.15, -0.1) is 0 Å². The summed E-state index contributed by atoms with van der Waals surface area (Å²) in [7, 11) is 1.48. The van der Waals surface area contributed by atoms with E-state index in [9.17, 15) is 9.90 Å². The number of aromatic hydroxyl groups is 1. The molecule has 0 radical (unpaired) electrons. The molecular weight excluding hydrogens is 218 g/mol. The van der Waals surface area contributed by atoms with E-state index in [-0.39, 0.29) is 5.75 Å². The van der Waals surface area contributed by atoms with Crippen LogP contribution in [0.1, 0.15) is 34.7 Å². The van der Waals surface area contributed by atoms with Crippen molar-refractivity contribution in [1.29, 1.82) is 0 Å². The van der Waals surface area contributed by atoms with Gasteiger partial charge in [0.25, 0.3) is 0 Å². The van der Waals surface area contributed by atoms with Gasteiger partial charge in [-0.05, 0) is 43.0 Å². The number of phenolic OH excluding ortho intramolecular Hbond substituents is 1. The molecule has 0 spiro atoms.